The van der Waals surface area contributed by atoms with Gasteiger partial charge in [-0.1, -0.05) is 435 Å². The molecule has 0 saturated carbocycles. The summed E-state index contributed by atoms with van der Waals surface area (Å²) in [5.41, 5.74) is 25.7. The van der Waals surface area contributed by atoms with Crippen LogP contribution in [0.2, 0.25) is 0 Å². The van der Waals surface area contributed by atoms with Crippen molar-refractivity contribution in [1.29, 1.82) is 0 Å². The van der Waals surface area contributed by atoms with Crippen LogP contribution in [0.5, 0.6) is 0 Å². The molecule has 0 bridgehead atoms. The van der Waals surface area contributed by atoms with Crippen LogP contribution in [-0.2, 0) is 5.41 Å². The maximum absolute atomic E-state index is 3.65. The molecule has 0 fully saturated rings. The lowest BCUT2D eigenvalue weighted by Gasteiger charge is -2.22. The van der Waals surface area contributed by atoms with Gasteiger partial charge >= 0.3 is 0 Å². The molecule has 27 aromatic rings. The average molecular weight is 2400 g/mol. The zero-order chi connectivity index (χ0) is 98.6. The van der Waals surface area contributed by atoms with Gasteiger partial charge in [0.1, 0.15) is 0 Å². The van der Waals surface area contributed by atoms with Gasteiger partial charge in [0.05, 0.1) is 0 Å². The Morgan fingerprint density at radius 3 is 0.793 bits per heavy atom. The van der Waals surface area contributed by atoms with E-state index in [2.05, 4.69) is 611 Å². The Kier molecular flexibility index (Phi) is 29.3. The summed E-state index contributed by atoms with van der Waals surface area (Å²) >= 11 is 34.0. The minimum absolute atomic E-state index is 0.00361. The molecule has 0 saturated heterocycles. The number of thiophene rings is 5. The normalized spacial score (nSPS) is 11.7. The van der Waals surface area contributed by atoms with Crippen molar-refractivity contribution in [2.24, 2.45) is 0 Å². The van der Waals surface area contributed by atoms with E-state index >= 15 is 0 Å². The summed E-state index contributed by atoms with van der Waals surface area (Å²) in [6.45, 7) is 4.67. The van der Waals surface area contributed by atoms with Gasteiger partial charge in [0.25, 0.3) is 0 Å². The van der Waals surface area contributed by atoms with E-state index < -0.39 is 0 Å². The van der Waals surface area contributed by atoms with Gasteiger partial charge in [-0.05, 0) is 304 Å². The molecule has 0 radical (unpaired) electrons. The van der Waals surface area contributed by atoms with Crippen LogP contribution in [0.4, 0.5) is 0 Å². The summed E-state index contributed by atoms with van der Waals surface area (Å²) in [5.74, 6) is 0. The van der Waals surface area contributed by atoms with E-state index in [0.29, 0.717) is 0 Å². The Hall–Kier alpha value is -12.4. The van der Waals surface area contributed by atoms with Gasteiger partial charge in [-0.3, -0.25) is 0 Å². The second-order valence-corrected chi connectivity index (χ2v) is 48.0. The molecule has 0 nitrogen and oxygen atoms in total. The highest BCUT2D eigenvalue weighted by Crippen LogP contribution is 2.52. The third kappa shape index (κ3) is 21.5. The van der Waals surface area contributed by atoms with Gasteiger partial charge in [-0.15, -0.1) is 56.7 Å². The lowest BCUT2D eigenvalue weighted by atomic mass is 9.81. The van der Waals surface area contributed by atoms with Gasteiger partial charge in [0, 0.05) is 138 Å². The van der Waals surface area contributed by atoms with Crippen molar-refractivity contribution in [2.75, 3.05) is 0 Å². The highest BCUT2D eigenvalue weighted by molar-refractivity contribution is 9.11. The van der Waals surface area contributed by atoms with Crippen molar-refractivity contribution in [1.82, 2.24) is 0 Å². The number of rotatable bonds is 8. The summed E-state index contributed by atoms with van der Waals surface area (Å²) in [6, 6.07) is 176. The average Bonchev–Trinajstić information content (AvgIpc) is 1.57. The van der Waals surface area contributed by atoms with Crippen LogP contribution in [0.15, 0.2) is 523 Å². The SMILES string of the molecule is Brc1ccc(-c2ccc(-c3ccc4sc5ccccc5c4c3)cc2)cc1.Brc1ccc(-c2ccc3sc4ccccc4c3c2)cc1.Brc1ccc(-c2cccc(-c3ccccc3)c2)cc1.Brc1ccc2sc3ccccc3c2c1.Brc1cccc(-c2ccc3sc4ccccc4c3c2)c1.Brc1cccc(-c2cccc3ccccc23)c1.CC1(C)c2cc(Br)ccc2-c2ccc(-c3ccc4sc5ccccc5c4c3)cc21. The Balaban J connectivity index is 0.0000000975. The third-order valence-electron chi connectivity index (χ3n) is 26.6. The van der Waals surface area contributed by atoms with E-state index in [0.717, 1.165) is 31.3 Å². The molecule has 12 heteroatoms. The maximum atomic E-state index is 3.65. The van der Waals surface area contributed by atoms with Crippen LogP contribution < -0.4 is 0 Å². The van der Waals surface area contributed by atoms with Gasteiger partial charge in [0.2, 0.25) is 0 Å². The second-order valence-electron chi connectivity index (χ2n) is 36.1. The summed E-state index contributed by atoms with van der Waals surface area (Å²) in [4.78, 5) is 0. The molecule has 0 unspecified atom stereocenters. The van der Waals surface area contributed by atoms with Crippen LogP contribution in [0.3, 0.4) is 0 Å². The molecule has 0 atom stereocenters. The van der Waals surface area contributed by atoms with Crippen molar-refractivity contribution < 1.29 is 0 Å². The number of benzene rings is 22. The molecule has 0 amide bonds. The molecular weight excluding hydrogens is 2320 g/mol. The summed E-state index contributed by atoms with van der Waals surface area (Å²) in [5, 5.41) is 16.1. The number of hydrogen-bond donors (Lipinski definition) is 0. The van der Waals surface area contributed by atoms with E-state index in [9.17, 15) is 0 Å². The zero-order valence-corrected chi connectivity index (χ0v) is 93.6. The van der Waals surface area contributed by atoms with Crippen molar-refractivity contribution in [3.63, 3.8) is 0 Å². The summed E-state index contributed by atoms with van der Waals surface area (Å²) in [7, 11) is 0. The van der Waals surface area contributed by atoms with Crippen LogP contribution in [-0.4, -0.2) is 0 Å². The van der Waals surface area contributed by atoms with Crippen LogP contribution >= 0.6 is 168 Å². The monoisotopic (exact) mass is 2400 g/mol. The minimum atomic E-state index is 0.00361. The Bertz CT molecular complexity index is 9440. The quantitative estimate of drug-likeness (QED) is 0.142. The van der Waals surface area contributed by atoms with Crippen molar-refractivity contribution >= 4 is 280 Å². The van der Waals surface area contributed by atoms with Crippen LogP contribution in [0.1, 0.15) is 25.0 Å². The maximum Gasteiger partial charge on any atom is 0.0356 e. The third-order valence-corrected chi connectivity index (χ3v) is 35.9. The first-order chi connectivity index (χ1) is 70.9. The van der Waals surface area contributed by atoms with E-state index in [1.807, 2.05) is 62.8 Å². The van der Waals surface area contributed by atoms with E-state index in [1.165, 1.54) is 223 Å². The Labute approximate surface area is 922 Å². The van der Waals surface area contributed by atoms with Gasteiger partial charge in [0.15, 0.2) is 0 Å². The smallest absolute Gasteiger partial charge is 0.0356 e. The van der Waals surface area contributed by atoms with Crippen molar-refractivity contribution in [3.05, 3.63) is 534 Å². The first-order valence-electron chi connectivity index (χ1n) is 47.6. The molecule has 28 rings (SSSR count). The highest BCUT2D eigenvalue weighted by Gasteiger charge is 2.36. The predicted octanol–water partition coefficient (Wildman–Crippen LogP) is 45.8. The first kappa shape index (κ1) is 97.3. The standard InChI is InChI=1S/C27H19BrS.C24H15BrS.2C18H11BrS.C18H13Br.C16H11Br.C12H7BrS/c1-27(2)23-14-17(7-10-19(23)20-11-9-18(28)15-24(20)27)16-8-12-26-22(13-16)21-5-3-4-6-25(21)29-26;25-20-12-9-17(10-13-20)16-5-7-18(8-6-16)19-11-14-24-22(15-19)21-3-1-2-4-23(21)26-24;19-14-5-3-4-12(10-14)13-8-9-18-16(11-13)15-6-1-2-7-17(15)20-18;19-14-8-5-12(6-9-14)13-7-10-18-16(11-13)15-3-1-2-4-17(15)20-18;19-18-11-9-15(10-12-18)17-8-4-7-16(13-17)14-5-2-1-3-6-14;17-14-8-3-7-13(11-14)16-10-4-6-12-5-1-2-9-15(12)16;13-8-5-6-12-10(7-8)9-3-1-2-4-11(9)14-12/h3-15H,1-2H3;1-15H;2*1-11H;1-13H;1-11H;1-7H. The number of fused-ring (bicyclic) bond motifs is 19. The van der Waals surface area contributed by atoms with Gasteiger partial charge in [-0.25, -0.2) is 0 Å². The molecule has 698 valence electrons. The summed E-state index contributed by atoms with van der Waals surface area (Å²) < 4.78 is 21.4. The van der Waals surface area contributed by atoms with E-state index in [1.54, 1.807) is 0 Å². The number of halogens is 7. The fraction of sp³-hybridized carbons (Fsp3) is 0.0226. The van der Waals surface area contributed by atoms with E-state index in [-0.39, 0.29) is 5.41 Å². The largest absolute Gasteiger partial charge is 0.135 e. The number of hydrogen-bond acceptors (Lipinski definition) is 5. The molecule has 1 aliphatic rings. The first-order valence-corrected chi connectivity index (χ1v) is 57.3. The van der Waals surface area contributed by atoms with Gasteiger partial charge in [-0.2, -0.15) is 0 Å². The lowest BCUT2D eigenvalue weighted by molar-refractivity contribution is 0.660. The molecule has 1 aliphatic carbocycles. The Morgan fingerprint density at radius 1 is 0.138 bits per heavy atom. The lowest BCUT2D eigenvalue weighted by Crippen LogP contribution is -2.15. The zero-order valence-electron chi connectivity index (χ0n) is 78.5. The molecule has 5 aromatic heterocycles. The van der Waals surface area contributed by atoms with Crippen molar-refractivity contribution in [2.45, 2.75) is 19.3 Å². The fourth-order valence-electron chi connectivity index (χ4n) is 19.3. The van der Waals surface area contributed by atoms with Gasteiger partial charge < -0.3 is 0 Å². The summed E-state index contributed by atoms with van der Waals surface area (Å²) in [6.07, 6.45) is 0. The molecule has 0 spiro atoms. The molecule has 0 N–H and O–H groups in total. The Morgan fingerprint density at radius 2 is 0.372 bits per heavy atom. The molecular formula is C133H87Br7S5. The topological polar surface area (TPSA) is 0 Å². The predicted molar refractivity (Wildman–Crippen MR) is 662 cm³/mol. The van der Waals surface area contributed by atoms with Crippen LogP contribution in [0, 0.1) is 0 Å². The molecule has 22 aromatic carbocycles. The molecule has 0 aliphatic heterocycles. The molecule has 145 heavy (non-hydrogen) atoms. The fourth-order valence-corrected chi connectivity index (χ4v) is 27.0. The van der Waals surface area contributed by atoms with Crippen molar-refractivity contribution in [3.8, 4) is 100 Å². The second kappa shape index (κ2) is 43.7. The van der Waals surface area contributed by atoms with E-state index in [4.69, 9.17) is 0 Å². The van der Waals surface area contributed by atoms with Crippen LogP contribution in [0.25, 0.3) is 212 Å². The highest BCUT2D eigenvalue weighted by atomic mass is 79.9. The minimum Gasteiger partial charge on any atom is -0.135 e. The molecule has 5 heterocycles.